The summed E-state index contributed by atoms with van der Waals surface area (Å²) in [6, 6.07) is 11.6. The number of rotatable bonds is 3. The van der Waals surface area contributed by atoms with Crippen LogP contribution in [0, 0.1) is 6.92 Å². The number of carbonyl (C=O) groups excluding carboxylic acids is 2. The number of aromatic nitrogens is 2. The zero-order valence-corrected chi connectivity index (χ0v) is 17.0. The van der Waals surface area contributed by atoms with E-state index in [2.05, 4.69) is 32.4 Å². The number of halogens is 1. The quantitative estimate of drug-likeness (QED) is 0.679. The molecule has 6 nitrogen and oxygen atoms in total. The van der Waals surface area contributed by atoms with E-state index >= 15 is 0 Å². The monoisotopic (exact) mass is 438 g/mol. The van der Waals surface area contributed by atoms with Crippen molar-refractivity contribution >= 4 is 39.1 Å². The van der Waals surface area contributed by atoms with Gasteiger partial charge in [-0.15, -0.1) is 5.10 Å². The first-order valence-electron chi connectivity index (χ1n) is 9.30. The average Bonchev–Trinajstić information content (AvgIpc) is 3.39. The summed E-state index contributed by atoms with van der Waals surface area (Å²) in [6.45, 7) is 2.55. The summed E-state index contributed by atoms with van der Waals surface area (Å²) in [5.74, 6) is 0.226. The molecule has 1 N–H and O–H groups in total. The van der Waals surface area contributed by atoms with Gasteiger partial charge in [0.25, 0.3) is 5.91 Å². The summed E-state index contributed by atoms with van der Waals surface area (Å²) in [4.78, 5) is 27.3. The number of hydrogen-bond acceptors (Lipinski definition) is 3. The predicted octanol–water partition coefficient (Wildman–Crippen LogP) is 3.53. The average molecular weight is 439 g/mol. The molecule has 1 aliphatic carbocycles. The van der Waals surface area contributed by atoms with Crippen molar-refractivity contribution < 1.29 is 9.59 Å². The van der Waals surface area contributed by atoms with E-state index in [0.29, 0.717) is 17.9 Å². The van der Waals surface area contributed by atoms with Crippen molar-refractivity contribution in [1.82, 2.24) is 14.5 Å². The van der Waals surface area contributed by atoms with Gasteiger partial charge in [0, 0.05) is 33.8 Å². The molecule has 3 aromatic rings. The van der Waals surface area contributed by atoms with Gasteiger partial charge in [-0.1, -0.05) is 22.0 Å². The van der Waals surface area contributed by atoms with Crippen LogP contribution in [-0.2, 0) is 10.2 Å². The van der Waals surface area contributed by atoms with E-state index in [-0.39, 0.29) is 23.8 Å². The number of hydrogen-bond donors (Lipinski definition) is 1. The van der Waals surface area contributed by atoms with Crippen LogP contribution in [-0.4, -0.2) is 39.4 Å². The highest BCUT2D eigenvalue weighted by Gasteiger charge is 2.51. The third kappa shape index (κ3) is 2.73. The van der Waals surface area contributed by atoms with Gasteiger partial charge in [-0.2, -0.15) is 0 Å². The van der Waals surface area contributed by atoms with Gasteiger partial charge in [0.2, 0.25) is 5.91 Å². The lowest BCUT2D eigenvalue weighted by Crippen LogP contribution is -2.46. The molecule has 1 aliphatic heterocycles. The summed E-state index contributed by atoms with van der Waals surface area (Å²) in [6.07, 6.45) is 3.94. The van der Waals surface area contributed by atoms with Crippen LogP contribution in [0.1, 0.15) is 34.3 Å². The third-order valence-electron chi connectivity index (χ3n) is 5.80. The molecule has 0 atom stereocenters. The normalized spacial score (nSPS) is 17.1. The second-order valence-corrected chi connectivity index (χ2v) is 8.60. The molecule has 1 saturated carbocycles. The highest BCUT2D eigenvalue weighted by molar-refractivity contribution is 9.10. The molecule has 5 rings (SSSR count). The Morgan fingerprint density at radius 1 is 1.29 bits per heavy atom. The minimum Gasteiger partial charge on any atom is -0.328 e. The van der Waals surface area contributed by atoms with E-state index in [4.69, 9.17) is 0 Å². The van der Waals surface area contributed by atoms with Crippen LogP contribution < -0.4 is 5.32 Å². The fraction of sp³-hybridized carbons (Fsp3) is 0.286. The van der Waals surface area contributed by atoms with Crippen LogP contribution in [0.25, 0.3) is 5.52 Å². The van der Waals surface area contributed by atoms with Gasteiger partial charge in [0.15, 0.2) is 5.82 Å². The Balaban J connectivity index is 1.37. The maximum atomic E-state index is 13.0. The van der Waals surface area contributed by atoms with E-state index in [1.165, 1.54) is 0 Å². The molecule has 1 aromatic carbocycles. The van der Waals surface area contributed by atoms with Gasteiger partial charge in [-0.25, -0.2) is 4.52 Å². The number of nitrogens with zero attached hydrogens (tertiary/aromatic N) is 3. The first-order chi connectivity index (χ1) is 13.5. The molecule has 7 heteroatoms. The minimum absolute atomic E-state index is 0.00626. The number of nitrogens with one attached hydrogen (secondary N) is 1. The Morgan fingerprint density at radius 3 is 2.86 bits per heavy atom. The fourth-order valence-corrected chi connectivity index (χ4v) is 4.49. The smallest absolute Gasteiger partial charge is 0.254 e. The molecular weight excluding hydrogens is 420 g/mol. The van der Waals surface area contributed by atoms with E-state index in [1.54, 1.807) is 9.42 Å². The predicted molar refractivity (Wildman–Crippen MR) is 110 cm³/mol. The number of fused-ring (bicyclic) bond motifs is 3. The Morgan fingerprint density at radius 2 is 2.11 bits per heavy atom. The van der Waals surface area contributed by atoms with Crippen molar-refractivity contribution in [2.75, 3.05) is 18.4 Å². The summed E-state index contributed by atoms with van der Waals surface area (Å²) in [7, 11) is 0. The maximum Gasteiger partial charge on any atom is 0.254 e. The number of amides is 2. The van der Waals surface area contributed by atoms with Crippen molar-refractivity contribution in [3.8, 4) is 0 Å². The van der Waals surface area contributed by atoms with E-state index in [9.17, 15) is 9.59 Å². The number of benzene rings is 1. The van der Waals surface area contributed by atoms with Gasteiger partial charge in [0.1, 0.15) is 6.54 Å². The number of aryl methyl sites for hydroxylation is 1. The van der Waals surface area contributed by atoms with Crippen LogP contribution in [0.5, 0.6) is 0 Å². The summed E-state index contributed by atoms with van der Waals surface area (Å²) < 4.78 is 2.73. The molecule has 1 fully saturated rings. The molecule has 0 unspecified atom stereocenters. The lowest BCUT2D eigenvalue weighted by molar-refractivity contribution is -0.117. The van der Waals surface area contributed by atoms with Crippen molar-refractivity contribution in [3.05, 3.63) is 63.8 Å². The molecule has 2 aromatic heterocycles. The van der Waals surface area contributed by atoms with Crippen LogP contribution in [0.2, 0.25) is 0 Å². The Kier molecular flexibility index (Phi) is 3.84. The molecule has 2 aliphatic rings. The highest BCUT2D eigenvalue weighted by Crippen LogP contribution is 2.52. The van der Waals surface area contributed by atoms with Crippen molar-refractivity contribution in [1.29, 1.82) is 0 Å². The lowest BCUT2D eigenvalue weighted by Gasteiger charge is -2.34. The van der Waals surface area contributed by atoms with Crippen molar-refractivity contribution in [2.45, 2.75) is 25.2 Å². The standard InChI is InChI=1S/C21H19BrN4O2/c1-13-17-4-2-3-9-26(17)24-19(13)23-18(27)11-25-12-21(7-8-21)16-10-14(22)5-6-15(16)20(25)28/h2-6,9-10H,7-8,11-12H2,1H3,(H,23,24,27). The topological polar surface area (TPSA) is 66.7 Å². The molecule has 142 valence electrons. The zero-order valence-electron chi connectivity index (χ0n) is 15.4. The fourth-order valence-electron chi connectivity index (χ4n) is 4.13. The first-order valence-corrected chi connectivity index (χ1v) is 10.1. The molecule has 0 bridgehead atoms. The van der Waals surface area contributed by atoms with Gasteiger partial charge in [-0.3, -0.25) is 9.59 Å². The van der Waals surface area contributed by atoms with Gasteiger partial charge < -0.3 is 10.2 Å². The van der Waals surface area contributed by atoms with E-state index in [1.807, 2.05) is 43.5 Å². The zero-order chi connectivity index (χ0) is 19.5. The van der Waals surface area contributed by atoms with Gasteiger partial charge in [0.05, 0.1) is 5.52 Å². The summed E-state index contributed by atoms with van der Waals surface area (Å²) >= 11 is 3.51. The molecular formula is C21H19BrN4O2. The first kappa shape index (κ1) is 17.4. The Labute approximate surface area is 170 Å². The third-order valence-corrected chi connectivity index (χ3v) is 6.29. The molecule has 0 radical (unpaired) electrons. The molecule has 2 amide bonds. The van der Waals surface area contributed by atoms with E-state index < -0.39 is 0 Å². The van der Waals surface area contributed by atoms with Crippen LogP contribution in [0.15, 0.2) is 47.1 Å². The summed E-state index contributed by atoms with van der Waals surface area (Å²) in [5.41, 5.74) is 3.69. The van der Waals surface area contributed by atoms with Crippen LogP contribution >= 0.6 is 15.9 Å². The molecule has 28 heavy (non-hydrogen) atoms. The highest BCUT2D eigenvalue weighted by atomic mass is 79.9. The lowest BCUT2D eigenvalue weighted by atomic mass is 9.86. The maximum absolute atomic E-state index is 13.0. The number of carbonyl (C=O) groups is 2. The van der Waals surface area contributed by atoms with Gasteiger partial charge >= 0.3 is 0 Å². The molecule has 1 spiro atoms. The molecule has 3 heterocycles. The van der Waals surface area contributed by atoms with Crippen LogP contribution in [0.4, 0.5) is 5.82 Å². The number of pyridine rings is 1. The summed E-state index contributed by atoms with van der Waals surface area (Å²) in [5, 5.41) is 7.30. The van der Waals surface area contributed by atoms with Crippen molar-refractivity contribution in [3.63, 3.8) is 0 Å². The Bertz CT molecular complexity index is 1130. The SMILES string of the molecule is Cc1c(NC(=O)CN2CC3(CC3)c3cc(Br)ccc3C2=O)nn2ccccc12. The van der Waals surface area contributed by atoms with Crippen molar-refractivity contribution in [2.24, 2.45) is 0 Å². The molecule has 0 saturated heterocycles. The largest absolute Gasteiger partial charge is 0.328 e. The number of anilines is 1. The minimum atomic E-state index is -0.226. The second kappa shape index (κ2) is 6.17. The van der Waals surface area contributed by atoms with E-state index in [0.717, 1.165) is 34.0 Å². The second-order valence-electron chi connectivity index (χ2n) is 7.68. The Hall–Kier alpha value is -2.67. The van der Waals surface area contributed by atoms with Gasteiger partial charge in [-0.05, 0) is 55.7 Å². The van der Waals surface area contributed by atoms with Crippen LogP contribution in [0.3, 0.4) is 0 Å².